The van der Waals surface area contributed by atoms with Crippen LogP contribution >= 0.6 is 0 Å². The van der Waals surface area contributed by atoms with Crippen LogP contribution in [0.3, 0.4) is 0 Å². The van der Waals surface area contributed by atoms with Crippen molar-refractivity contribution in [2.45, 2.75) is 32.6 Å². The van der Waals surface area contributed by atoms with Gasteiger partial charge in [-0.3, -0.25) is 0 Å². The molecule has 1 aromatic carbocycles. The third kappa shape index (κ3) is 3.90. The van der Waals surface area contributed by atoms with Crippen molar-refractivity contribution in [2.24, 2.45) is 5.92 Å². The SMILES string of the molecule is CCC(CC)C1C=Cc2cnc(Nc3ccc(N4CCN(C)CC4)cc3)nc21. The zero-order valence-electron chi connectivity index (χ0n) is 17.2. The molecule has 28 heavy (non-hydrogen) atoms. The average molecular weight is 378 g/mol. The molecule has 2 aromatic rings. The summed E-state index contributed by atoms with van der Waals surface area (Å²) in [4.78, 5) is 14.2. The number of aromatic nitrogens is 2. The molecule has 1 unspecified atom stereocenters. The first kappa shape index (κ1) is 18.9. The lowest BCUT2D eigenvalue weighted by atomic mass is 9.87. The van der Waals surface area contributed by atoms with Crippen LogP contribution in [0.25, 0.3) is 6.08 Å². The topological polar surface area (TPSA) is 44.3 Å². The van der Waals surface area contributed by atoms with E-state index < -0.39 is 0 Å². The number of likely N-dealkylation sites (N-methyl/N-ethyl adjacent to an activating group) is 1. The average Bonchev–Trinajstić information content (AvgIpc) is 3.14. The van der Waals surface area contributed by atoms with Crippen LogP contribution in [0.2, 0.25) is 0 Å². The Hall–Kier alpha value is -2.40. The molecule has 0 radical (unpaired) electrons. The second-order valence-corrected chi connectivity index (χ2v) is 7.96. The van der Waals surface area contributed by atoms with E-state index in [4.69, 9.17) is 4.98 Å². The van der Waals surface area contributed by atoms with Gasteiger partial charge in [0.1, 0.15) is 0 Å². The van der Waals surface area contributed by atoms with Gasteiger partial charge in [-0.2, -0.15) is 0 Å². The molecular formula is C23H31N5. The molecule has 148 valence electrons. The van der Waals surface area contributed by atoms with Crippen LogP contribution in [-0.2, 0) is 0 Å². The van der Waals surface area contributed by atoms with Crippen molar-refractivity contribution in [3.05, 3.63) is 47.8 Å². The number of nitrogens with zero attached hydrogens (tertiary/aromatic N) is 4. The maximum atomic E-state index is 4.87. The quantitative estimate of drug-likeness (QED) is 0.802. The number of nitrogens with one attached hydrogen (secondary N) is 1. The van der Waals surface area contributed by atoms with Gasteiger partial charge in [-0.15, -0.1) is 0 Å². The molecule has 1 atom stereocenters. The Labute approximate surface area is 168 Å². The van der Waals surface area contributed by atoms with E-state index in [0.29, 0.717) is 17.8 Å². The highest BCUT2D eigenvalue weighted by atomic mass is 15.2. The largest absolute Gasteiger partial charge is 0.369 e. The van der Waals surface area contributed by atoms with Crippen molar-refractivity contribution in [3.8, 4) is 0 Å². The number of allylic oxidation sites excluding steroid dienone is 1. The van der Waals surface area contributed by atoms with Crippen LogP contribution in [0.1, 0.15) is 43.9 Å². The number of anilines is 3. The fraction of sp³-hybridized carbons (Fsp3) is 0.478. The zero-order chi connectivity index (χ0) is 19.5. The summed E-state index contributed by atoms with van der Waals surface area (Å²) in [5.74, 6) is 1.74. The summed E-state index contributed by atoms with van der Waals surface area (Å²) < 4.78 is 0. The van der Waals surface area contributed by atoms with Gasteiger partial charge >= 0.3 is 0 Å². The third-order valence-electron chi connectivity index (χ3n) is 6.20. The molecular weight excluding hydrogens is 346 g/mol. The van der Waals surface area contributed by atoms with E-state index in [-0.39, 0.29) is 0 Å². The van der Waals surface area contributed by atoms with Crippen molar-refractivity contribution >= 4 is 23.4 Å². The van der Waals surface area contributed by atoms with E-state index in [2.05, 4.69) is 77.4 Å². The van der Waals surface area contributed by atoms with Crippen molar-refractivity contribution in [1.82, 2.24) is 14.9 Å². The van der Waals surface area contributed by atoms with Gasteiger partial charge in [-0.25, -0.2) is 9.97 Å². The number of benzene rings is 1. The number of piperazine rings is 1. The minimum absolute atomic E-state index is 0.410. The Morgan fingerprint density at radius 1 is 1.07 bits per heavy atom. The fourth-order valence-corrected chi connectivity index (χ4v) is 4.28. The van der Waals surface area contributed by atoms with Crippen LogP contribution in [-0.4, -0.2) is 48.1 Å². The molecule has 1 aliphatic carbocycles. The maximum Gasteiger partial charge on any atom is 0.227 e. The molecule has 0 saturated carbocycles. The zero-order valence-corrected chi connectivity index (χ0v) is 17.2. The van der Waals surface area contributed by atoms with Gasteiger partial charge in [0, 0.05) is 55.2 Å². The third-order valence-corrected chi connectivity index (χ3v) is 6.20. The smallest absolute Gasteiger partial charge is 0.227 e. The summed E-state index contributed by atoms with van der Waals surface area (Å²) in [7, 11) is 2.18. The highest BCUT2D eigenvalue weighted by Gasteiger charge is 2.26. The molecule has 1 fully saturated rings. The molecule has 5 heteroatoms. The number of hydrogen-bond acceptors (Lipinski definition) is 5. The molecule has 5 nitrogen and oxygen atoms in total. The Morgan fingerprint density at radius 2 is 1.79 bits per heavy atom. The van der Waals surface area contributed by atoms with Crippen molar-refractivity contribution < 1.29 is 0 Å². The van der Waals surface area contributed by atoms with Gasteiger partial charge < -0.3 is 15.1 Å². The summed E-state index contributed by atoms with van der Waals surface area (Å²) >= 11 is 0. The molecule has 1 saturated heterocycles. The lowest BCUT2D eigenvalue weighted by molar-refractivity contribution is 0.313. The predicted molar refractivity (Wildman–Crippen MR) is 117 cm³/mol. The first-order chi connectivity index (χ1) is 13.7. The van der Waals surface area contributed by atoms with Gasteiger partial charge in [0.25, 0.3) is 0 Å². The predicted octanol–water partition coefficient (Wildman–Crippen LogP) is 4.52. The first-order valence-corrected chi connectivity index (χ1v) is 10.5. The Bertz CT molecular complexity index is 817. The van der Waals surface area contributed by atoms with E-state index in [1.54, 1.807) is 0 Å². The van der Waals surface area contributed by atoms with Crippen molar-refractivity contribution in [2.75, 3.05) is 43.4 Å². The van der Waals surface area contributed by atoms with Crippen LogP contribution < -0.4 is 10.2 Å². The molecule has 1 aliphatic heterocycles. The molecule has 1 aromatic heterocycles. The number of hydrogen-bond donors (Lipinski definition) is 1. The van der Waals surface area contributed by atoms with Crippen LogP contribution in [0, 0.1) is 5.92 Å². The van der Waals surface area contributed by atoms with Gasteiger partial charge in [-0.05, 0) is 37.2 Å². The minimum Gasteiger partial charge on any atom is -0.369 e. The second-order valence-electron chi connectivity index (χ2n) is 7.96. The molecule has 1 N–H and O–H groups in total. The number of rotatable bonds is 6. The fourth-order valence-electron chi connectivity index (χ4n) is 4.28. The second kappa shape index (κ2) is 8.31. The lowest BCUT2D eigenvalue weighted by Gasteiger charge is -2.34. The number of fused-ring (bicyclic) bond motifs is 1. The molecule has 0 bridgehead atoms. The van der Waals surface area contributed by atoms with E-state index >= 15 is 0 Å². The highest BCUT2D eigenvalue weighted by Crippen LogP contribution is 2.37. The Morgan fingerprint density at radius 3 is 2.46 bits per heavy atom. The summed E-state index contributed by atoms with van der Waals surface area (Å²) in [6.07, 6.45) is 8.76. The monoisotopic (exact) mass is 377 g/mol. The molecule has 2 heterocycles. The Kier molecular flexibility index (Phi) is 5.62. The van der Waals surface area contributed by atoms with Gasteiger partial charge in [0.2, 0.25) is 5.95 Å². The summed E-state index contributed by atoms with van der Waals surface area (Å²) in [6.45, 7) is 8.94. The lowest BCUT2D eigenvalue weighted by Crippen LogP contribution is -2.44. The van der Waals surface area contributed by atoms with E-state index in [1.807, 2.05) is 6.20 Å². The standard InChI is InChI=1S/C23H31N5/c1-4-17(5-2)21-11-6-18-16-24-23(26-22(18)21)25-19-7-9-20(10-8-19)28-14-12-27(3)13-15-28/h6-11,16-17,21H,4-5,12-15H2,1-3H3,(H,24,25,26). The normalized spacial score (nSPS) is 19.3. The van der Waals surface area contributed by atoms with E-state index in [9.17, 15) is 0 Å². The van der Waals surface area contributed by atoms with Crippen LogP contribution in [0.5, 0.6) is 0 Å². The highest BCUT2D eigenvalue weighted by molar-refractivity contribution is 5.63. The molecule has 0 spiro atoms. The van der Waals surface area contributed by atoms with Crippen molar-refractivity contribution in [1.29, 1.82) is 0 Å². The molecule has 2 aliphatic rings. The van der Waals surface area contributed by atoms with E-state index in [0.717, 1.165) is 37.4 Å². The van der Waals surface area contributed by atoms with E-state index in [1.165, 1.54) is 24.2 Å². The minimum atomic E-state index is 0.410. The molecule has 0 amide bonds. The maximum absolute atomic E-state index is 4.87. The van der Waals surface area contributed by atoms with Crippen LogP contribution in [0.15, 0.2) is 36.5 Å². The Balaban J connectivity index is 1.46. The summed E-state index contributed by atoms with van der Waals surface area (Å²) in [6, 6.07) is 8.63. The van der Waals surface area contributed by atoms with Crippen molar-refractivity contribution in [3.63, 3.8) is 0 Å². The van der Waals surface area contributed by atoms with Gasteiger partial charge in [0.15, 0.2) is 0 Å². The summed E-state index contributed by atoms with van der Waals surface area (Å²) in [5, 5.41) is 3.39. The van der Waals surface area contributed by atoms with Gasteiger partial charge in [-0.1, -0.05) is 38.8 Å². The molecule has 4 rings (SSSR count). The summed E-state index contributed by atoms with van der Waals surface area (Å²) in [5.41, 5.74) is 4.64. The first-order valence-electron chi connectivity index (χ1n) is 10.5. The van der Waals surface area contributed by atoms with Gasteiger partial charge in [0.05, 0.1) is 5.69 Å². The van der Waals surface area contributed by atoms with Crippen LogP contribution in [0.4, 0.5) is 17.3 Å².